The fourth-order valence-corrected chi connectivity index (χ4v) is 2.85. The molecule has 1 aromatic carbocycles. The van der Waals surface area contributed by atoms with E-state index in [-0.39, 0.29) is 5.92 Å². The Morgan fingerprint density at radius 1 is 1.30 bits per heavy atom. The molecule has 0 fully saturated rings. The maximum absolute atomic E-state index is 10.4. The zero-order valence-electron chi connectivity index (χ0n) is 12.6. The van der Waals surface area contributed by atoms with Crippen LogP contribution in [0.3, 0.4) is 0 Å². The number of hydrogen-bond acceptors (Lipinski definition) is 3. The number of benzene rings is 1. The second kappa shape index (κ2) is 6.37. The van der Waals surface area contributed by atoms with Gasteiger partial charge in [-0.15, -0.1) is 0 Å². The van der Waals surface area contributed by atoms with Gasteiger partial charge in [0.05, 0.1) is 17.1 Å². The van der Waals surface area contributed by atoms with E-state index in [0.29, 0.717) is 18.9 Å². The number of hydrogen-bond donors (Lipinski definition) is 2. The van der Waals surface area contributed by atoms with E-state index in [2.05, 4.69) is 36.4 Å². The first-order chi connectivity index (χ1) is 9.58. The monoisotopic (exact) mass is 275 g/mol. The Balaban J connectivity index is 2.29. The number of rotatable bonds is 6. The second-order valence-electron chi connectivity index (χ2n) is 5.68. The molecule has 110 valence electrons. The summed E-state index contributed by atoms with van der Waals surface area (Å²) in [6.07, 6.45) is 0.116. The van der Waals surface area contributed by atoms with Gasteiger partial charge < -0.3 is 15.4 Å². The van der Waals surface area contributed by atoms with Crippen LogP contribution in [0.15, 0.2) is 24.3 Å². The zero-order chi connectivity index (χ0) is 14.7. The number of aryl methyl sites for hydroxylation is 1. The van der Waals surface area contributed by atoms with Crippen molar-refractivity contribution in [2.75, 3.05) is 6.54 Å². The van der Waals surface area contributed by atoms with Gasteiger partial charge in [0, 0.05) is 13.0 Å². The average molecular weight is 275 g/mol. The first-order valence-electron chi connectivity index (χ1n) is 7.40. The van der Waals surface area contributed by atoms with Crippen molar-refractivity contribution in [3.8, 4) is 0 Å². The number of aliphatic hydroxyl groups excluding tert-OH is 1. The number of para-hydroxylation sites is 2. The van der Waals surface area contributed by atoms with E-state index in [1.165, 1.54) is 0 Å². The van der Waals surface area contributed by atoms with Gasteiger partial charge in [-0.25, -0.2) is 4.98 Å². The number of nitrogens with two attached hydrogens (primary N) is 1. The van der Waals surface area contributed by atoms with Crippen molar-refractivity contribution in [3.63, 3.8) is 0 Å². The van der Waals surface area contributed by atoms with E-state index >= 15 is 0 Å². The lowest BCUT2D eigenvalue weighted by atomic mass is 9.88. The lowest BCUT2D eigenvalue weighted by molar-refractivity contribution is 0.0839. The molecule has 0 saturated carbocycles. The van der Waals surface area contributed by atoms with Crippen molar-refractivity contribution in [2.24, 2.45) is 17.6 Å². The van der Waals surface area contributed by atoms with Gasteiger partial charge in [-0.1, -0.05) is 26.0 Å². The Morgan fingerprint density at radius 3 is 2.60 bits per heavy atom. The fourth-order valence-electron chi connectivity index (χ4n) is 2.85. The van der Waals surface area contributed by atoms with Gasteiger partial charge in [0.25, 0.3) is 0 Å². The van der Waals surface area contributed by atoms with Crippen molar-refractivity contribution in [1.29, 1.82) is 0 Å². The van der Waals surface area contributed by atoms with Crippen LogP contribution >= 0.6 is 0 Å². The van der Waals surface area contributed by atoms with Gasteiger partial charge in [0.1, 0.15) is 5.82 Å². The van der Waals surface area contributed by atoms with Crippen molar-refractivity contribution in [1.82, 2.24) is 9.55 Å². The summed E-state index contributed by atoms with van der Waals surface area (Å²) in [5.74, 6) is 1.43. The molecule has 0 aliphatic rings. The van der Waals surface area contributed by atoms with Gasteiger partial charge in [0.15, 0.2) is 0 Å². The van der Waals surface area contributed by atoms with E-state index in [9.17, 15) is 5.11 Å². The number of fused-ring (bicyclic) bond motifs is 1. The van der Waals surface area contributed by atoms with Gasteiger partial charge in [-0.3, -0.25) is 0 Å². The molecule has 0 spiro atoms. The molecule has 0 saturated heterocycles. The van der Waals surface area contributed by atoms with Crippen molar-refractivity contribution in [2.45, 2.75) is 39.8 Å². The van der Waals surface area contributed by atoms with E-state index in [0.717, 1.165) is 23.4 Å². The van der Waals surface area contributed by atoms with Crippen molar-refractivity contribution in [3.05, 3.63) is 30.1 Å². The molecule has 0 amide bonds. The average Bonchev–Trinajstić information content (AvgIpc) is 2.75. The fraction of sp³-hybridized carbons (Fsp3) is 0.562. The number of aliphatic hydroxyl groups is 1. The van der Waals surface area contributed by atoms with Crippen LogP contribution < -0.4 is 5.73 Å². The molecule has 2 aromatic rings. The van der Waals surface area contributed by atoms with Gasteiger partial charge in [-0.2, -0.15) is 0 Å². The number of nitrogens with zero attached hydrogens (tertiary/aromatic N) is 2. The second-order valence-corrected chi connectivity index (χ2v) is 5.68. The van der Waals surface area contributed by atoms with E-state index in [1.54, 1.807) is 0 Å². The molecule has 0 aliphatic carbocycles. The predicted molar refractivity (Wildman–Crippen MR) is 82.5 cm³/mol. The van der Waals surface area contributed by atoms with Crippen LogP contribution in [-0.4, -0.2) is 27.3 Å². The molecular weight excluding hydrogens is 250 g/mol. The molecule has 0 bridgehead atoms. The van der Waals surface area contributed by atoms with Gasteiger partial charge in [-0.05, 0) is 37.4 Å². The summed E-state index contributed by atoms with van der Waals surface area (Å²) in [7, 11) is 0. The normalized spacial score (nSPS) is 14.9. The van der Waals surface area contributed by atoms with Crippen LogP contribution in [0.25, 0.3) is 11.0 Å². The highest BCUT2D eigenvalue weighted by Crippen LogP contribution is 2.21. The molecular formula is C16H25N3O. The van der Waals surface area contributed by atoms with Crippen molar-refractivity contribution < 1.29 is 5.11 Å². The van der Waals surface area contributed by atoms with E-state index in [4.69, 9.17) is 5.73 Å². The first-order valence-corrected chi connectivity index (χ1v) is 7.40. The maximum atomic E-state index is 10.4. The Kier molecular flexibility index (Phi) is 4.78. The first kappa shape index (κ1) is 15.0. The molecule has 0 radical (unpaired) electrons. The maximum Gasteiger partial charge on any atom is 0.112 e. The molecule has 3 N–H and O–H groups in total. The van der Waals surface area contributed by atoms with Crippen molar-refractivity contribution >= 4 is 11.0 Å². The molecule has 4 heteroatoms. The molecule has 1 heterocycles. The third-order valence-electron chi connectivity index (χ3n) is 4.06. The molecule has 4 nitrogen and oxygen atoms in total. The van der Waals surface area contributed by atoms with Crippen LogP contribution in [0.2, 0.25) is 0 Å². The Hall–Kier alpha value is -1.39. The van der Waals surface area contributed by atoms with Crippen LogP contribution in [0.4, 0.5) is 0 Å². The van der Waals surface area contributed by atoms with Crippen LogP contribution in [0.5, 0.6) is 0 Å². The summed E-state index contributed by atoms with van der Waals surface area (Å²) in [6, 6.07) is 8.10. The molecule has 20 heavy (non-hydrogen) atoms. The Morgan fingerprint density at radius 2 is 2.00 bits per heavy atom. The van der Waals surface area contributed by atoms with E-state index < -0.39 is 6.10 Å². The highest BCUT2D eigenvalue weighted by molar-refractivity contribution is 5.75. The standard InChI is InChI=1S/C16H25N3O/c1-4-19-14-8-6-5-7-13(14)18-16(19)9-15(20)12(10-17)11(2)3/h5-8,11-12,15,20H,4,9-10,17H2,1-3H3. The number of imidazole rings is 1. The van der Waals surface area contributed by atoms with Crippen LogP contribution in [0, 0.1) is 11.8 Å². The molecule has 2 unspecified atom stereocenters. The summed E-state index contributed by atoms with van der Waals surface area (Å²) in [5.41, 5.74) is 7.91. The largest absolute Gasteiger partial charge is 0.392 e. The quantitative estimate of drug-likeness (QED) is 0.849. The highest BCUT2D eigenvalue weighted by atomic mass is 16.3. The van der Waals surface area contributed by atoms with Gasteiger partial charge >= 0.3 is 0 Å². The lowest BCUT2D eigenvalue weighted by Gasteiger charge is -2.24. The van der Waals surface area contributed by atoms with Crippen LogP contribution in [0.1, 0.15) is 26.6 Å². The molecule has 0 aliphatic heterocycles. The van der Waals surface area contributed by atoms with Crippen LogP contribution in [-0.2, 0) is 13.0 Å². The molecule has 2 rings (SSSR count). The van der Waals surface area contributed by atoms with Gasteiger partial charge in [0.2, 0.25) is 0 Å². The minimum Gasteiger partial charge on any atom is -0.392 e. The SMILES string of the molecule is CCn1c(CC(O)C(CN)C(C)C)nc2ccccc21. The minimum absolute atomic E-state index is 0.111. The predicted octanol–water partition coefficient (Wildman–Crippen LogP) is 2.19. The summed E-state index contributed by atoms with van der Waals surface area (Å²) < 4.78 is 2.17. The van der Waals surface area contributed by atoms with E-state index in [1.807, 2.05) is 18.2 Å². The summed E-state index contributed by atoms with van der Waals surface area (Å²) in [6.45, 7) is 7.67. The molecule has 2 atom stereocenters. The zero-order valence-corrected chi connectivity index (χ0v) is 12.6. The Labute approximate surface area is 120 Å². The third-order valence-corrected chi connectivity index (χ3v) is 4.06. The highest BCUT2D eigenvalue weighted by Gasteiger charge is 2.23. The minimum atomic E-state index is -0.442. The number of aromatic nitrogens is 2. The molecule has 1 aromatic heterocycles. The lowest BCUT2D eigenvalue weighted by Crippen LogP contribution is -2.34. The third kappa shape index (κ3) is 2.86. The summed E-state index contributed by atoms with van der Waals surface area (Å²) >= 11 is 0. The summed E-state index contributed by atoms with van der Waals surface area (Å²) in [4.78, 5) is 4.66. The Bertz CT molecular complexity index is 562. The smallest absolute Gasteiger partial charge is 0.112 e. The topological polar surface area (TPSA) is 64.1 Å². The summed E-state index contributed by atoms with van der Waals surface area (Å²) in [5, 5.41) is 10.4.